The van der Waals surface area contributed by atoms with Gasteiger partial charge in [0.1, 0.15) is 6.61 Å². The van der Waals surface area contributed by atoms with Crippen LogP contribution in [0.4, 0.5) is 13.2 Å². The zero-order chi connectivity index (χ0) is 16.3. The van der Waals surface area contributed by atoms with E-state index < -0.39 is 34.7 Å². The highest BCUT2D eigenvalue weighted by Gasteiger charge is 2.45. The van der Waals surface area contributed by atoms with Crippen molar-refractivity contribution in [2.75, 3.05) is 13.2 Å². The second kappa shape index (κ2) is 7.11. The number of alkyl halides is 3. The number of benzene rings is 1. The summed E-state index contributed by atoms with van der Waals surface area (Å²) in [6, 6.07) is 4.55. The molecule has 118 valence electrons. The predicted octanol–water partition coefficient (Wildman–Crippen LogP) is 2.54. The van der Waals surface area contributed by atoms with Crippen molar-refractivity contribution >= 4 is 50.2 Å². The summed E-state index contributed by atoms with van der Waals surface area (Å²) in [6.45, 7) is -1.26. The molecule has 0 aromatic heterocycles. The molecule has 0 heterocycles. The van der Waals surface area contributed by atoms with Gasteiger partial charge in [0.05, 0.1) is 10.6 Å². The van der Waals surface area contributed by atoms with E-state index in [2.05, 4.69) is 4.74 Å². The Morgan fingerprint density at radius 3 is 2.57 bits per heavy atom. The average Bonchev–Trinajstić information content (AvgIpc) is 2.36. The second-order valence-electron chi connectivity index (χ2n) is 3.60. The van der Waals surface area contributed by atoms with Gasteiger partial charge in [0.25, 0.3) is 0 Å². The summed E-state index contributed by atoms with van der Waals surface area (Å²) in [5, 5.41) is 0.122. The molecule has 0 unspecified atom stereocenters. The Balaban J connectivity index is 2.54. The molecule has 1 N–H and O–H groups in total. The smallest absolute Gasteiger partial charge is 0.461 e. The topological polar surface area (TPSA) is 72.5 Å². The monoisotopic (exact) mass is 457 g/mol. The van der Waals surface area contributed by atoms with Crippen molar-refractivity contribution in [2.45, 2.75) is 5.51 Å². The van der Waals surface area contributed by atoms with Crippen LogP contribution in [0.2, 0.25) is 5.02 Å². The Bertz CT molecular complexity index is 636. The third-order valence-electron chi connectivity index (χ3n) is 2.08. The van der Waals surface area contributed by atoms with Gasteiger partial charge in [0, 0.05) is 10.1 Å². The first-order chi connectivity index (χ1) is 9.54. The first-order valence-electron chi connectivity index (χ1n) is 5.23. The lowest BCUT2D eigenvalue weighted by molar-refractivity contribution is -0.0448. The van der Waals surface area contributed by atoms with Crippen LogP contribution in [0.5, 0.6) is 0 Å². The highest BCUT2D eigenvalue weighted by Crippen LogP contribution is 2.21. The van der Waals surface area contributed by atoms with Gasteiger partial charge in [-0.15, -0.1) is 0 Å². The molecule has 11 heteroatoms. The molecular formula is C10H8ClF3INO4S. The summed E-state index contributed by atoms with van der Waals surface area (Å²) < 4.78 is 64.0. The lowest BCUT2D eigenvalue weighted by atomic mass is 10.2. The number of halogens is 5. The molecule has 1 rings (SSSR count). The summed E-state index contributed by atoms with van der Waals surface area (Å²) in [4.78, 5) is 11.6. The molecule has 0 fully saturated rings. The number of ether oxygens (including phenoxy) is 1. The van der Waals surface area contributed by atoms with Gasteiger partial charge in [-0.05, 0) is 40.8 Å². The first-order valence-corrected chi connectivity index (χ1v) is 8.16. The Morgan fingerprint density at radius 2 is 2.00 bits per heavy atom. The van der Waals surface area contributed by atoms with E-state index in [1.54, 1.807) is 6.07 Å². The molecule has 0 atom stereocenters. The summed E-state index contributed by atoms with van der Waals surface area (Å²) in [6.07, 6.45) is 0. The fourth-order valence-corrected chi connectivity index (χ4v) is 2.33. The summed E-state index contributed by atoms with van der Waals surface area (Å²) in [7, 11) is -5.44. The van der Waals surface area contributed by atoms with Crippen molar-refractivity contribution in [3.63, 3.8) is 0 Å². The summed E-state index contributed by atoms with van der Waals surface area (Å²) >= 11 is 7.71. The molecule has 0 aliphatic heterocycles. The van der Waals surface area contributed by atoms with Gasteiger partial charge < -0.3 is 4.74 Å². The summed E-state index contributed by atoms with van der Waals surface area (Å²) in [5.41, 5.74) is -5.36. The predicted molar refractivity (Wildman–Crippen MR) is 77.4 cm³/mol. The molecule has 21 heavy (non-hydrogen) atoms. The van der Waals surface area contributed by atoms with Gasteiger partial charge in [-0.25, -0.2) is 17.9 Å². The maximum atomic E-state index is 12.0. The Hall–Kier alpha value is -0.590. The van der Waals surface area contributed by atoms with E-state index in [0.29, 0.717) is 3.57 Å². The number of carbonyl (C=O) groups is 1. The molecule has 0 amide bonds. The molecule has 0 aliphatic rings. The molecule has 0 saturated carbocycles. The maximum absolute atomic E-state index is 12.0. The van der Waals surface area contributed by atoms with Crippen LogP contribution in [-0.4, -0.2) is 33.0 Å². The minimum atomic E-state index is -5.44. The highest BCUT2D eigenvalue weighted by atomic mass is 127. The Kier molecular flexibility index (Phi) is 6.25. The number of sulfonamides is 1. The van der Waals surface area contributed by atoms with Crippen molar-refractivity contribution < 1.29 is 31.1 Å². The second-order valence-corrected chi connectivity index (χ2v) is 7.01. The Labute approximate surface area is 137 Å². The highest BCUT2D eigenvalue weighted by molar-refractivity contribution is 14.1. The average molecular weight is 458 g/mol. The minimum absolute atomic E-state index is 0.0437. The number of esters is 1. The standard InChI is InChI=1S/C10H8ClF3INO4S/c11-8-2-1-6(15)5-7(8)9(17)20-4-3-16-21(18,19)10(12,13)14/h1-2,5,16H,3-4H2. The molecule has 0 saturated heterocycles. The van der Waals surface area contributed by atoms with Crippen LogP contribution in [0.1, 0.15) is 10.4 Å². The number of hydrogen-bond acceptors (Lipinski definition) is 4. The van der Waals surface area contributed by atoms with Crippen molar-refractivity contribution in [2.24, 2.45) is 0 Å². The van der Waals surface area contributed by atoms with Crippen molar-refractivity contribution in [3.05, 3.63) is 32.4 Å². The summed E-state index contributed by atoms with van der Waals surface area (Å²) in [5.74, 6) is -0.857. The molecule has 0 bridgehead atoms. The van der Waals surface area contributed by atoms with E-state index in [9.17, 15) is 26.4 Å². The van der Waals surface area contributed by atoms with Crippen molar-refractivity contribution in [1.29, 1.82) is 0 Å². The molecular weight excluding hydrogens is 450 g/mol. The molecule has 5 nitrogen and oxygen atoms in total. The number of hydrogen-bond donors (Lipinski definition) is 1. The van der Waals surface area contributed by atoms with Gasteiger partial charge in [0.2, 0.25) is 0 Å². The van der Waals surface area contributed by atoms with Crippen LogP contribution >= 0.6 is 34.2 Å². The third-order valence-corrected chi connectivity index (χ3v) is 4.27. The van der Waals surface area contributed by atoms with Gasteiger partial charge >= 0.3 is 21.5 Å². The van der Waals surface area contributed by atoms with Crippen LogP contribution in [0.15, 0.2) is 18.2 Å². The molecule has 1 aromatic carbocycles. The van der Waals surface area contributed by atoms with Gasteiger partial charge in [-0.2, -0.15) is 13.2 Å². The van der Waals surface area contributed by atoms with Gasteiger partial charge in [-0.3, -0.25) is 0 Å². The molecule has 0 spiro atoms. The fourth-order valence-electron chi connectivity index (χ4n) is 1.13. The van der Waals surface area contributed by atoms with Crippen LogP contribution in [-0.2, 0) is 14.8 Å². The van der Waals surface area contributed by atoms with E-state index in [-0.39, 0.29) is 10.6 Å². The van der Waals surface area contributed by atoms with Gasteiger partial charge in [-0.1, -0.05) is 11.6 Å². The zero-order valence-electron chi connectivity index (χ0n) is 10.1. The van der Waals surface area contributed by atoms with E-state index in [4.69, 9.17) is 11.6 Å². The zero-order valence-corrected chi connectivity index (χ0v) is 13.8. The normalized spacial score (nSPS) is 12.2. The van der Waals surface area contributed by atoms with Crippen LogP contribution in [0.25, 0.3) is 0 Å². The largest absolute Gasteiger partial charge is 0.511 e. The van der Waals surface area contributed by atoms with E-state index >= 15 is 0 Å². The van der Waals surface area contributed by atoms with Crippen molar-refractivity contribution in [3.8, 4) is 0 Å². The van der Waals surface area contributed by atoms with Crippen LogP contribution < -0.4 is 4.72 Å². The number of carbonyl (C=O) groups excluding carboxylic acids is 1. The molecule has 0 radical (unpaired) electrons. The maximum Gasteiger partial charge on any atom is 0.511 e. The SMILES string of the molecule is O=C(OCCNS(=O)(=O)C(F)(F)F)c1cc(I)ccc1Cl. The van der Waals surface area contributed by atoms with Crippen LogP contribution in [0, 0.1) is 3.57 Å². The van der Waals surface area contributed by atoms with E-state index in [0.717, 1.165) is 0 Å². The third kappa shape index (κ3) is 5.27. The minimum Gasteiger partial charge on any atom is -0.461 e. The number of rotatable bonds is 5. The first kappa shape index (κ1) is 18.5. The van der Waals surface area contributed by atoms with Crippen LogP contribution in [0.3, 0.4) is 0 Å². The lowest BCUT2D eigenvalue weighted by Gasteiger charge is -2.10. The number of nitrogens with one attached hydrogen (secondary N) is 1. The Morgan fingerprint density at radius 1 is 1.38 bits per heavy atom. The quantitative estimate of drug-likeness (QED) is 0.419. The van der Waals surface area contributed by atoms with Crippen molar-refractivity contribution in [1.82, 2.24) is 4.72 Å². The lowest BCUT2D eigenvalue weighted by Crippen LogP contribution is -2.38. The molecule has 1 aromatic rings. The molecule has 0 aliphatic carbocycles. The fraction of sp³-hybridized carbons (Fsp3) is 0.300. The van der Waals surface area contributed by atoms with E-state index in [1.165, 1.54) is 16.9 Å². The van der Waals surface area contributed by atoms with Gasteiger partial charge in [0.15, 0.2) is 0 Å². The van der Waals surface area contributed by atoms with E-state index in [1.807, 2.05) is 22.6 Å².